The number of rotatable bonds is 4. The van der Waals surface area contributed by atoms with Crippen molar-refractivity contribution in [3.63, 3.8) is 0 Å². The lowest BCUT2D eigenvalue weighted by molar-refractivity contribution is 0.0717. The molecule has 1 rings (SSSR count). The molecule has 3 nitrogen and oxygen atoms in total. The molecule has 1 aliphatic rings. The Kier molecular flexibility index (Phi) is 4.37. The molecule has 80 valence electrons. The molecule has 0 aromatic rings. The maximum absolute atomic E-state index is 9.80. The maximum Gasteiger partial charge on any atom is 0.0851 e. The Hall–Kier alpha value is -0.590. The average molecular weight is 196 g/mol. The number of aliphatic hydroxyl groups excluding tert-OH is 1. The average Bonchev–Trinajstić information content (AvgIpc) is 2.65. The van der Waals surface area contributed by atoms with Crippen molar-refractivity contribution in [2.24, 2.45) is 11.8 Å². The topological polar surface area (TPSA) is 47.3 Å². The number of nitrogens with zero attached hydrogens (tertiary/aromatic N) is 2. The first kappa shape index (κ1) is 11.5. The van der Waals surface area contributed by atoms with E-state index < -0.39 is 6.10 Å². The number of hydrogen-bond acceptors (Lipinski definition) is 3. The minimum Gasteiger partial charge on any atom is -0.391 e. The van der Waals surface area contributed by atoms with Gasteiger partial charge in [-0.3, -0.25) is 0 Å². The fourth-order valence-corrected chi connectivity index (χ4v) is 1.93. The zero-order valence-electron chi connectivity index (χ0n) is 9.11. The van der Waals surface area contributed by atoms with Gasteiger partial charge in [0.15, 0.2) is 0 Å². The summed E-state index contributed by atoms with van der Waals surface area (Å²) in [5.41, 5.74) is 0. The molecule has 1 N–H and O–H groups in total. The summed E-state index contributed by atoms with van der Waals surface area (Å²) >= 11 is 0. The van der Waals surface area contributed by atoms with E-state index in [1.54, 1.807) is 0 Å². The van der Waals surface area contributed by atoms with E-state index in [-0.39, 0.29) is 11.8 Å². The van der Waals surface area contributed by atoms with E-state index in [4.69, 9.17) is 5.26 Å². The standard InChI is InChI=1S/C11H20N2O/c1-9(2)11(14)10(7-12)8-13-5-3-4-6-13/h9-11,14H,3-6,8H2,1-2H3/t10-,11+/m0/s1. The second-order valence-electron chi connectivity index (χ2n) is 4.48. The van der Waals surface area contributed by atoms with Crippen LogP contribution >= 0.6 is 0 Å². The van der Waals surface area contributed by atoms with Crippen molar-refractivity contribution in [3.05, 3.63) is 0 Å². The number of hydrogen-bond donors (Lipinski definition) is 1. The zero-order chi connectivity index (χ0) is 10.6. The molecule has 2 atom stereocenters. The van der Waals surface area contributed by atoms with Crippen LogP contribution in [0.25, 0.3) is 0 Å². The van der Waals surface area contributed by atoms with Crippen molar-refractivity contribution in [1.82, 2.24) is 4.90 Å². The van der Waals surface area contributed by atoms with E-state index in [2.05, 4.69) is 11.0 Å². The van der Waals surface area contributed by atoms with E-state index in [0.29, 0.717) is 0 Å². The van der Waals surface area contributed by atoms with Crippen LogP contribution in [0, 0.1) is 23.2 Å². The van der Waals surface area contributed by atoms with Gasteiger partial charge < -0.3 is 10.0 Å². The molecule has 0 unspecified atom stereocenters. The Labute approximate surface area is 86.3 Å². The third kappa shape index (κ3) is 2.97. The molecule has 0 amide bonds. The molecule has 0 saturated carbocycles. The van der Waals surface area contributed by atoms with Gasteiger partial charge in [-0.15, -0.1) is 0 Å². The van der Waals surface area contributed by atoms with Crippen LogP contribution in [0.3, 0.4) is 0 Å². The predicted molar refractivity (Wildman–Crippen MR) is 55.6 cm³/mol. The van der Waals surface area contributed by atoms with Crippen molar-refractivity contribution in [2.75, 3.05) is 19.6 Å². The Morgan fingerprint density at radius 1 is 1.36 bits per heavy atom. The Bertz CT molecular complexity index is 204. The normalized spacial score (nSPS) is 22.2. The summed E-state index contributed by atoms with van der Waals surface area (Å²) in [5, 5.41) is 18.8. The second kappa shape index (κ2) is 5.33. The SMILES string of the molecule is CC(C)[C@@H](O)[C@@H](C#N)CN1CCCC1. The van der Waals surface area contributed by atoms with Crippen molar-refractivity contribution in [1.29, 1.82) is 5.26 Å². The quantitative estimate of drug-likeness (QED) is 0.736. The van der Waals surface area contributed by atoms with Gasteiger partial charge in [-0.05, 0) is 31.8 Å². The monoisotopic (exact) mass is 196 g/mol. The van der Waals surface area contributed by atoms with Crippen LogP contribution in [0.2, 0.25) is 0 Å². The van der Waals surface area contributed by atoms with Crippen LogP contribution < -0.4 is 0 Å². The molecule has 1 saturated heterocycles. The van der Waals surface area contributed by atoms with Gasteiger partial charge in [0.1, 0.15) is 0 Å². The zero-order valence-corrected chi connectivity index (χ0v) is 9.11. The molecule has 1 fully saturated rings. The summed E-state index contributed by atoms with van der Waals surface area (Å²) in [6.45, 7) is 6.82. The molecule has 1 heterocycles. The van der Waals surface area contributed by atoms with Gasteiger partial charge >= 0.3 is 0 Å². The number of likely N-dealkylation sites (tertiary alicyclic amines) is 1. The van der Waals surface area contributed by atoms with Gasteiger partial charge in [0.2, 0.25) is 0 Å². The minimum absolute atomic E-state index is 0.169. The van der Waals surface area contributed by atoms with E-state index in [0.717, 1.165) is 19.6 Å². The molecule has 14 heavy (non-hydrogen) atoms. The fourth-order valence-electron chi connectivity index (χ4n) is 1.93. The first-order valence-corrected chi connectivity index (χ1v) is 5.45. The minimum atomic E-state index is -0.486. The molecular weight excluding hydrogens is 176 g/mol. The van der Waals surface area contributed by atoms with Crippen LogP contribution in [0.5, 0.6) is 0 Å². The summed E-state index contributed by atoms with van der Waals surface area (Å²) in [4.78, 5) is 2.28. The van der Waals surface area contributed by atoms with E-state index in [9.17, 15) is 5.11 Å². The van der Waals surface area contributed by atoms with Crippen LogP contribution in [0.4, 0.5) is 0 Å². The first-order valence-electron chi connectivity index (χ1n) is 5.45. The number of nitriles is 1. The highest BCUT2D eigenvalue weighted by atomic mass is 16.3. The molecule has 0 aliphatic carbocycles. The lowest BCUT2D eigenvalue weighted by Gasteiger charge is -2.24. The van der Waals surface area contributed by atoms with Crippen LogP contribution in [-0.2, 0) is 0 Å². The molecule has 0 radical (unpaired) electrons. The Morgan fingerprint density at radius 2 is 1.93 bits per heavy atom. The second-order valence-corrected chi connectivity index (χ2v) is 4.48. The maximum atomic E-state index is 9.80. The van der Waals surface area contributed by atoms with Crippen LogP contribution in [-0.4, -0.2) is 35.7 Å². The lowest BCUT2D eigenvalue weighted by atomic mass is 9.94. The van der Waals surface area contributed by atoms with Gasteiger partial charge in [0, 0.05) is 6.54 Å². The van der Waals surface area contributed by atoms with E-state index >= 15 is 0 Å². The van der Waals surface area contributed by atoms with E-state index in [1.165, 1.54) is 12.8 Å². The molecule has 0 aromatic carbocycles. The smallest absolute Gasteiger partial charge is 0.0851 e. The van der Waals surface area contributed by atoms with E-state index in [1.807, 2.05) is 13.8 Å². The van der Waals surface area contributed by atoms with Crippen molar-refractivity contribution in [2.45, 2.75) is 32.8 Å². The highest BCUT2D eigenvalue weighted by Crippen LogP contribution is 2.16. The highest BCUT2D eigenvalue weighted by molar-refractivity contribution is 4.92. The first-order chi connectivity index (χ1) is 6.65. The van der Waals surface area contributed by atoms with Gasteiger partial charge in [-0.2, -0.15) is 5.26 Å². The van der Waals surface area contributed by atoms with Gasteiger partial charge in [0.05, 0.1) is 18.1 Å². The molecule has 0 bridgehead atoms. The number of aliphatic hydroxyl groups is 1. The molecule has 0 aromatic heterocycles. The molecular formula is C11H20N2O. The highest BCUT2D eigenvalue weighted by Gasteiger charge is 2.25. The lowest BCUT2D eigenvalue weighted by Crippen LogP contribution is -2.35. The molecule has 1 aliphatic heterocycles. The van der Waals surface area contributed by atoms with Crippen molar-refractivity contribution >= 4 is 0 Å². The fraction of sp³-hybridized carbons (Fsp3) is 0.909. The Balaban J connectivity index is 2.42. The largest absolute Gasteiger partial charge is 0.391 e. The third-order valence-corrected chi connectivity index (χ3v) is 2.91. The predicted octanol–water partition coefficient (Wildman–Crippen LogP) is 1.24. The Morgan fingerprint density at radius 3 is 2.36 bits per heavy atom. The van der Waals surface area contributed by atoms with Gasteiger partial charge in [0.25, 0.3) is 0 Å². The summed E-state index contributed by atoms with van der Waals surface area (Å²) < 4.78 is 0. The molecule has 0 spiro atoms. The molecule has 3 heteroatoms. The van der Waals surface area contributed by atoms with Crippen LogP contribution in [0.1, 0.15) is 26.7 Å². The van der Waals surface area contributed by atoms with Crippen LogP contribution in [0.15, 0.2) is 0 Å². The summed E-state index contributed by atoms with van der Waals surface area (Å²) in [5.74, 6) is -0.0599. The van der Waals surface area contributed by atoms with Crippen molar-refractivity contribution in [3.8, 4) is 6.07 Å². The third-order valence-electron chi connectivity index (χ3n) is 2.91. The summed E-state index contributed by atoms with van der Waals surface area (Å²) in [6, 6.07) is 2.22. The van der Waals surface area contributed by atoms with Crippen molar-refractivity contribution < 1.29 is 5.11 Å². The summed E-state index contributed by atoms with van der Waals surface area (Å²) in [7, 11) is 0. The summed E-state index contributed by atoms with van der Waals surface area (Å²) in [6.07, 6.45) is 1.98. The van der Waals surface area contributed by atoms with Gasteiger partial charge in [-0.25, -0.2) is 0 Å². The van der Waals surface area contributed by atoms with Gasteiger partial charge in [-0.1, -0.05) is 13.8 Å².